The lowest BCUT2D eigenvalue weighted by Crippen LogP contribution is -2.63. The summed E-state index contributed by atoms with van der Waals surface area (Å²) in [7, 11) is -3.20. The smallest absolute Gasteiger partial charge is 0.297 e. The second-order valence-corrected chi connectivity index (χ2v) is 22.7. The van der Waals surface area contributed by atoms with E-state index in [1.165, 1.54) is 43.6 Å². The third kappa shape index (κ3) is 8.85. The number of nitrogens with one attached hydrogen (secondary N) is 3. The van der Waals surface area contributed by atoms with Crippen LogP contribution in [0.25, 0.3) is 11.0 Å². The van der Waals surface area contributed by atoms with Gasteiger partial charge in [-0.1, -0.05) is 58.4 Å². The molecule has 2 saturated carbocycles. The van der Waals surface area contributed by atoms with E-state index in [4.69, 9.17) is 14.2 Å². The van der Waals surface area contributed by atoms with Crippen molar-refractivity contribution in [2.75, 3.05) is 50.1 Å². The van der Waals surface area contributed by atoms with Crippen LogP contribution in [-0.4, -0.2) is 86.1 Å². The predicted molar refractivity (Wildman–Crippen MR) is 262 cm³/mol. The molecule has 5 heterocycles. The van der Waals surface area contributed by atoms with Gasteiger partial charge in [-0.25, -0.2) is 13.1 Å². The lowest BCUT2D eigenvalue weighted by Gasteiger charge is -2.57. The van der Waals surface area contributed by atoms with Crippen molar-refractivity contribution in [3.8, 4) is 23.1 Å². The van der Waals surface area contributed by atoms with Crippen molar-refractivity contribution in [2.24, 2.45) is 16.7 Å². The number of benzene rings is 3. The van der Waals surface area contributed by atoms with Crippen LogP contribution in [0.2, 0.25) is 0 Å². The van der Waals surface area contributed by atoms with Crippen LogP contribution in [-0.2, 0) is 10.0 Å². The first-order valence-corrected chi connectivity index (χ1v) is 25.8. The number of amides is 1. The number of fused-ring (bicyclic) bond motifs is 2. The second-order valence-electron chi connectivity index (χ2n) is 21.0. The van der Waals surface area contributed by atoms with Crippen molar-refractivity contribution < 1.29 is 32.3 Å². The van der Waals surface area contributed by atoms with E-state index in [0.29, 0.717) is 23.5 Å². The zero-order chi connectivity index (χ0) is 47.5. The largest absolute Gasteiger partial charge is 0.489 e. The number of aromatic nitrogens is 2. The fourth-order valence-corrected chi connectivity index (χ4v) is 12.8. The van der Waals surface area contributed by atoms with Crippen molar-refractivity contribution in [2.45, 2.75) is 114 Å². The number of H-pyrrole nitrogens is 1. The Morgan fingerprint density at radius 2 is 1.74 bits per heavy atom. The normalized spacial score (nSPS) is 22.6. The number of hydrogen-bond acceptors (Lipinski definition) is 12. The maximum absolute atomic E-state index is 14.2. The highest BCUT2D eigenvalue weighted by Gasteiger charge is 2.49. The van der Waals surface area contributed by atoms with Crippen LogP contribution in [0.15, 0.2) is 77.8 Å². The van der Waals surface area contributed by atoms with E-state index in [2.05, 4.69) is 81.8 Å². The lowest BCUT2D eigenvalue weighted by atomic mass is 9.70. The Hall–Kier alpha value is -5.87. The number of sulfonamides is 1. The summed E-state index contributed by atoms with van der Waals surface area (Å²) in [6.45, 7) is 13.1. The van der Waals surface area contributed by atoms with Gasteiger partial charge in [-0.15, -0.1) is 0 Å². The van der Waals surface area contributed by atoms with Crippen LogP contribution in [0.5, 0.6) is 23.1 Å². The van der Waals surface area contributed by atoms with Crippen LogP contribution < -0.4 is 29.1 Å². The van der Waals surface area contributed by atoms with Crippen LogP contribution in [0.4, 0.5) is 17.1 Å². The molecule has 360 valence electrons. The molecule has 2 aromatic heterocycles. The topological polar surface area (TPSA) is 181 Å². The molecule has 4 fully saturated rings. The molecule has 10 rings (SSSR count). The third-order valence-electron chi connectivity index (χ3n) is 15.8. The molecule has 3 atom stereocenters. The maximum atomic E-state index is 14.2. The number of piperidine rings is 1. The van der Waals surface area contributed by atoms with Gasteiger partial charge in [-0.3, -0.25) is 19.8 Å². The summed E-state index contributed by atoms with van der Waals surface area (Å²) in [5.41, 5.74) is 4.53. The number of anilines is 2. The monoisotopic (exact) mass is 945 g/mol. The lowest BCUT2D eigenvalue weighted by molar-refractivity contribution is -0.384. The van der Waals surface area contributed by atoms with Crippen LogP contribution >= 0.6 is 0 Å². The van der Waals surface area contributed by atoms with Crippen molar-refractivity contribution in [3.05, 3.63) is 99.7 Å². The average Bonchev–Trinajstić information content (AvgIpc) is 3.99. The van der Waals surface area contributed by atoms with E-state index >= 15 is 0 Å². The Kier molecular flexibility index (Phi) is 12.1. The minimum absolute atomic E-state index is 0.0422. The third-order valence-corrected chi connectivity index (χ3v) is 17.1. The predicted octanol–water partition coefficient (Wildman–Crippen LogP) is 10.1. The quantitative estimate of drug-likeness (QED) is 0.0797. The molecule has 1 spiro atoms. The number of rotatable bonds is 12. The molecule has 3 aliphatic heterocycles. The number of carbonyl (C=O) groups is 1. The summed E-state index contributed by atoms with van der Waals surface area (Å²) in [6, 6.07) is 20.3. The maximum Gasteiger partial charge on any atom is 0.297 e. The standard InChI is InChI=1S/C52H63N7O8S/c1-32(2)37-9-6-7-10-38(37)39-11-8-12-42(39)58-30-52(31-58)20-23-57(24-21-52)35-13-14-40(44(26-35)67-46-25-34-17-22-53-48(34)55-50(46)65-5)49(60)56-68(63,64)36-27-43(59(61)62)47-45(28-36)66-29-41(54-47)33-15-18-51(3,4)19-16-33/h6-7,9-10,13-14,17,22,25-28,32-33,39,41-42,54H,8,11-12,15-16,18-21,23-24,29-31H2,1-5H3,(H,53,55)(H,56,60)/t39-,41?,42?/m1/s1. The van der Waals surface area contributed by atoms with E-state index < -0.39 is 31.4 Å². The van der Waals surface area contributed by atoms with Gasteiger partial charge in [0.05, 0.1) is 28.5 Å². The number of pyridine rings is 1. The molecule has 68 heavy (non-hydrogen) atoms. The molecule has 0 radical (unpaired) electrons. The Balaban J connectivity index is 0.875. The number of methoxy groups -OCH3 is 1. The number of likely N-dealkylation sites (tertiary alicyclic amines) is 1. The first-order valence-electron chi connectivity index (χ1n) is 24.3. The average molecular weight is 946 g/mol. The van der Waals surface area contributed by atoms with Gasteiger partial charge in [0.15, 0.2) is 17.2 Å². The minimum atomic E-state index is -4.67. The summed E-state index contributed by atoms with van der Waals surface area (Å²) >= 11 is 0. The molecule has 1 amide bonds. The molecule has 5 aliphatic rings. The summed E-state index contributed by atoms with van der Waals surface area (Å²) in [6.07, 6.45) is 11.5. The summed E-state index contributed by atoms with van der Waals surface area (Å²) in [5, 5.41) is 16.5. The van der Waals surface area contributed by atoms with Crippen molar-refractivity contribution in [1.82, 2.24) is 19.6 Å². The van der Waals surface area contributed by atoms with E-state index in [1.54, 1.807) is 24.4 Å². The van der Waals surface area contributed by atoms with Crippen LogP contribution in [0, 0.1) is 26.9 Å². The van der Waals surface area contributed by atoms with Crippen molar-refractivity contribution >= 4 is 44.0 Å². The molecule has 2 saturated heterocycles. The molecular weight excluding hydrogens is 883 g/mol. The van der Waals surface area contributed by atoms with Gasteiger partial charge in [0.2, 0.25) is 0 Å². The molecule has 2 aliphatic carbocycles. The highest BCUT2D eigenvalue weighted by molar-refractivity contribution is 7.90. The number of ether oxygens (including phenoxy) is 3. The first-order chi connectivity index (χ1) is 32.6. The number of nitro groups is 1. The molecule has 2 unspecified atom stereocenters. The first kappa shape index (κ1) is 45.9. The summed E-state index contributed by atoms with van der Waals surface area (Å²) in [4.78, 5) is 38.3. The molecule has 15 nitrogen and oxygen atoms in total. The van der Waals surface area contributed by atoms with Gasteiger partial charge in [0, 0.05) is 67.7 Å². The molecular formula is C52H63N7O8S. The fraction of sp³-hybridized carbons (Fsp3) is 0.500. The van der Waals surface area contributed by atoms with Gasteiger partial charge in [0.1, 0.15) is 18.0 Å². The molecule has 0 bridgehead atoms. The minimum Gasteiger partial charge on any atom is -0.489 e. The number of nitrogens with zero attached hydrogens (tertiary/aromatic N) is 4. The summed E-state index contributed by atoms with van der Waals surface area (Å²) < 4.78 is 48.4. The second kappa shape index (κ2) is 17.9. The molecule has 5 aromatic rings. The fourth-order valence-electron chi connectivity index (χ4n) is 11.8. The van der Waals surface area contributed by atoms with Gasteiger partial charge in [-0.05, 0) is 115 Å². The Labute approximate surface area is 398 Å². The summed E-state index contributed by atoms with van der Waals surface area (Å²) in [5.74, 6) is 0.876. The highest BCUT2D eigenvalue weighted by Crippen LogP contribution is 2.50. The van der Waals surface area contributed by atoms with Crippen molar-refractivity contribution in [1.29, 1.82) is 0 Å². The molecule has 3 N–H and O–H groups in total. The number of carbonyl (C=O) groups excluding carboxylic acids is 1. The van der Waals surface area contributed by atoms with E-state index in [1.807, 2.05) is 12.1 Å². The van der Waals surface area contributed by atoms with E-state index in [-0.39, 0.29) is 63.8 Å². The van der Waals surface area contributed by atoms with Gasteiger partial charge >= 0.3 is 0 Å². The van der Waals surface area contributed by atoms with E-state index in [0.717, 1.165) is 81.8 Å². The van der Waals surface area contributed by atoms with Crippen molar-refractivity contribution in [3.63, 3.8) is 0 Å². The zero-order valence-electron chi connectivity index (χ0n) is 39.7. The van der Waals surface area contributed by atoms with Crippen LogP contribution in [0.3, 0.4) is 0 Å². The van der Waals surface area contributed by atoms with Gasteiger partial charge in [0.25, 0.3) is 27.5 Å². The Morgan fingerprint density at radius 1 is 0.971 bits per heavy atom. The van der Waals surface area contributed by atoms with Crippen LogP contribution in [0.1, 0.15) is 119 Å². The number of nitro benzene ring substituents is 1. The Morgan fingerprint density at radius 3 is 2.47 bits per heavy atom. The molecule has 3 aromatic carbocycles. The highest BCUT2D eigenvalue weighted by atomic mass is 32.2. The Bertz CT molecular complexity index is 2840. The van der Waals surface area contributed by atoms with Gasteiger partial charge in [-0.2, -0.15) is 4.98 Å². The van der Waals surface area contributed by atoms with Gasteiger partial charge < -0.3 is 29.4 Å². The number of aromatic amines is 1. The zero-order valence-corrected chi connectivity index (χ0v) is 40.5. The van der Waals surface area contributed by atoms with E-state index in [9.17, 15) is 23.3 Å². The molecule has 16 heteroatoms. The SMILES string of the molecule is COc1nc2[nH]ccc2cc1Oc1cc(N2CCC3(CC2)CN(C2CCC[C@@H]2c2ccccc2C(C)C)C3)ccc1C(=O)NS(=O)(=O)c1cc2c(c([N+](=O)[O-])c1)NC(C1CCC(C)(C)CC1)CO2. The number of hydrogen-bond donors (Lipinski definition) is 3.